The van der Waals surface area contributed by atoms with Gasteiger partial charge in [0.15, 0.2) is 17.3 Å². The van der Waals surface area contributed by atoms with E-state index in [1.807, 2.05) is 0 Å². The summed E-state index contributed by atoms with van der Waals surface area (Å²) < 4.78 is 0. The molecule has 2 aromatic rings. The van der Waals surface area contributed by atoms with Crippen LogP contribution in [0.15, 0.2) is 42.5 Å². The summed E-state index contributed by atoms with van der Waals surface area (Å²) in [5.74, 6) is -0.523. The second-order valence-electron chi connectivity index (χ2n) is 4.44. The van der Waals surface area contributed by atoms with Crippen LogP contribution in [0.25, 0.3) is 6.08 Å². The number of aromatic hydroxyl groups is 3. The Morgan fingerprint density at radius 2 is 1.75 bits per heavy atom. The second-order valence-corrected chi connectivity index (χ2v) is 4.44. The largest absolute Gasteiger partial charge is 0.508 e. The zero-order valence-corrected chi connectivity index (χ0v) is 10.9. The standard InChI is InChI=1S/C16H14O4/c1-10-8-12(17)4-5-13(10)14(18)6-2-11-3-7-15(19)16(20)9-11/h2-9,17,19-20H,1H3. The van der Waals surface area contributed by atoms with Gasteiger partial charge in [-0.2, -0.15) is 0 Å². The van der Waals surface area contributed by atoms with Gasteiger partial charge in [0, 0.05) is 5.56 Å². The lowest BCUT2D eigenvalue weighted by Crippen LogP contribution is -1.97. The van der Waals surface area contributed by atoms with Gasteiger partial charge in [0.1, 0.15) is 5.75 Å². The Kier molecular flexibility index (Phi) is 3.75. The van der Waals surface area contributed by atoms with E-state index in [0.717, 1.165) is 0 Å². The number of hydrogen-bond acceptors (Lipinski definition) is 4. The van der Waals surface area contributed by atoms with Crippen molar-refractivity contribution in [2.45, 2.75) is 6.92 Å². The molecular weight excluding hydrogens is 256 g/mol. The van der Waals surface area contributed by atoms with Gasteiger partial charge in [0.05, 0.1) is 0 Å². The van der Waals surface area contributed by atoms with Crippen molar-refractivity contribution in [3.8, 4) is 17.2 Å². The van der Waals surface area contributed by atoms with Crippen molar-refractivity contribution in [2.24, 2.45) is 0 Å². The summed E-state index contributed by atoms with van der Waals surface area (Å²) >= 11 is 0. The van der Waals surface area contributed by atoms with Gasteiger partial charge >= 0.3 is 0 Å². The molecule has 0 aliphatic carbocycles. The van der Waals surface area contributed by atoms with Crippen molar-refractivity contribution in [1.82, 2.24) is 0 Å². The van der Waals surface area contributed by atoms with Gasteiger partial charge in [-0.25, -0.2) is 0 Å². The van der Waals surface area contributed by atoms with Gasteiger partial charge in [-0.15, -0.1) is 0 Å². The highest BCUT2D eigenvalue weighted by Crippen LogP contribution is 2.25. The summed E-state index contributed by atoms with van der Waals surface area (Å²) in [5, 5.41) is 27.9. The molecule has 0 unspecified atom stereocenters. The molecule has 102 valence electrons. The maximum Gasteiger partial charge on any atom is 0.186 e. The van der Waals surface area contributed by atoms with Gasteiger partial charge in [-0.3, -0.25) is 4.79 Å². The smallest absolute Gasteiger partial charge is 0.186 e. The van der Waals surface area contributed by atoms with Crippen molar-refractivity contribution in [2.75, 3.05) is 0 Å². The van der Waals surface area contributed by atoms with Crippen molar-refractivity contribution < 1.29 is 20.1 Å². The maximum absolute atomic E-state index is 12.0. The minimum absolute atomic E-state index is 0.117. The highest BCUT2D eigenvalue weighted by Gasteiger charge is 2.06. The summed E-state index contributed by atoms with van der Waals surface area (Å²) in [5.41, 5.74) is 1.79. The summed E-state index contributed by atoms with van der Waals surface area (Å²) in [7, 11) is 0. The quantitative estimate of drug-likeness (QED) is 0.455. The van der Waals surface area contributed by atoms with Gasteiger partial charge in [-0.1, -0.05) is 12.1 Å². The van der Waals surface area contributed by atoms with Crippen molar-refractivity contribution >= 4 is 11.9 Å². The van der Waals surface area contributed by atoms with E-state index < -0.39 is 0 Å². The molecule has 0 heterocycles. The van der Waals surface area contributed by atoms with Gasteiger partial charge in [-0.05, 0) is 54.5 Å². The number of carbonyl (C=O) groups is 1. The lowest BCUT2D eigenvalue weighted by molar-refractivity contribution is 0.104. The van der Waals surface area contributed by atoms with Crippen LogP contribution in [0.4, 0.5) is 0 Å². The molecule has 20 heavy (non-hydrogen) atoms. The molecule has 0 aromatic heterocycles. The Bertz CT molecular complexity index is 687. The van der Waals surface area contributed by atoms with E-state index in [1.165, 1.54) is 30.3 Å². The fourth-order valence-electron chi connectivity index (χ4n) is 1.83. The summed E-state index contributed by atoms with van der Waals surface area (Å²) in [6.45, 7) is 1.74. The summed E-state index contributed by atoms with van der Waals surface area (Å²) in [6, 6.07) is 8.84. The first-order valence-corrected chi connectivity index (χ1v) is 6.01. The number of hydrogen-bond donors (Lipinski definition) is 3. The van der Waals surface area contributed by atoms with Crippen LogP contribution < -0.4 is 0 Å². The molecule has 4 heteroatoms. The second kappa shape index (κ2) is 5.48. The lowest BCUT2D eigenvalue weighted by atomic mass is 10.0. The molecule has 0 saturated heterocycles. The SMILES string of the molecule is Cc1cc(O)ccc1C(=O)C=Cc1ccc(O)c(O)c1. The topological polar surface area (TPSA) is 77.8 Å². The lowest BCUT2D eigenvalue weighted by Gasteiger charge is -2.02. The summed E-state index contributed by atoms with van der Waals surface area (Å²) in [6.07, 6.45) is 2.93. The van der Waals surface area contributed by atoms with E-state index in [1.54, 1.807) is 25.1 Å². The molecule has 0 saturated carbocycles. The molecule has 0 atom stereocenters. The fourth-order valence-corrected chi connectivity index (χ4v) is 1.83. The van der Waals surface area contributed by atoms with Crippen molar-refractivity contribution in [1.29, 1.82) is 0 Å². The third-order valence-electron chi connectivity index (χ3n) is 2.90. The number of benzene rings is 2. The zero-order chi connectivity index (χ0) is 14.7. The average molecular weight is 270 g/mol. The van der Waals surface area contributed by atoms with Crippen LogP contribution in [0.1, 0.15) is 21.5 Å². The van der Waals surface area contributed by atoms with Crippen molar-refractivity contribution in [3.05, 3.63) is 59.2 Å². The Morgan fingerprint density at radius 3 is 2.40 bits per heavy atom. The average Bonchev–Trinajstić information content (AvgIpc) is 2.40. The van der Waals surface area contributed by atoms with Crippen molar-refractivity contribution in [3.63, 3.8) is 0 Å². The first kappa shape index (κ1) is 13.7. The van der Waals surface area contributed by atoms with E-state index in [2.05, 4.69) is 0 Å². The Labute approximate surface area is 116 Å². The highest BCUT2D eigenvalue weighted by atomic mass is 16.3. The van der Waals surface area contributed by atoms with E-state index in [-0.39, 0.29) is 23.0 Å². The zero-order valence-electron chi connectivity index (χ0n) is 10.9. The van der Waals surface area contributed by atoms with Crippen LogP contribution in [-0.4, -0.2) is 21.1 Å². The number of aryl methyl sites for hydroxylation is 1. The Morgan fingerprint density at radius 1 is 1.00 bits per heavy atom. The van der Waals surface area contributed by atoms with Crippen LogP contribution in [0.5, 0.6) is 17.2 Å². The van der Waals surface area contributed by atoms with E-state index in [0.29, 0.717) is 16.7 Å². The molecule has 3 N–H and O–H groups in total. The van der Waals surface area contributed by atoms with E-state index in [4.69, 9.17) is 0 Å². The Hall–Kier alpha value is -2.75. The van der Waals surface area contributed by atoms with E-state index in [9.17, 15) is 20.1 Å². The maximum atomic E-state index is 12.0. The molecule has 0 bridgehead atoms. The molecule has 0 amide bonds. The minimum atomic E-state index is -0.236. The number of phenolic OH excluding ortho intramolecular Hbond substituents is 3. The predicted octanol–water partition coefficient (Wildman–Crippen LogP) is 3.01. The van der Waals surface area contributed by atoms with Crippen LogP contribution >= 0.6 is 0 Å². The molecule has 2 aromatic carbocycles. The van der Waals surface area contributed by atoms with Gasteiger partial charge in [0.2, 0.25) is 0 Å². The molecular formula is C16H14O4. The first-order chi connectivity index (χ1) is 9.47. The van der Waals surface area contributed by atoms with Crippen LogP contribution in [0.3, 0.4) is 0 Å². The Balaban J connectivity index is 2.22. The number of ketones is 1. The van der Waals surface area contributed by atoms with Crippen LogP contribution in [-0.2, 0) is 0 Å². The molecule has 0 radical (unpaired) electrons. The fraction of sp³-hybridized carbons (Fsp3) is 0.0625. The van der Waals surface area contributed by atoms with Crippen LogP contribution in [0, 0.1) is 6.92 Å². The molecule has 0 aliphatic rings. The van der Waals surface area contributed by atoms with Crippen LogP contribution in [0.2, 0.25) is 0 Å². The minimum Gasteiger partial charge on any atom is -0.508 e. The number of carbonyl (C=O) groups excluding carboxylic acids is 1. The monoisotopic (exact) mass is 270 g/mol. The third kappa shape index (κ3) is 2.98. The number of rotatable bonds is 3. The molecule has 0 aliphatic heterocycles. The van der Waals surface area contributed by atoms with Gasteiger partial charge in [0.25, 0.3) is 0 Å². The van der Waals surface area contributed by atoms with E-state index >= 15 is 0 Å². The number of phenols is 3. The predicted molar refractivity (Wildman–Crippen MR) is 76.0 cm³/mol. The normalized spacial score (nSPS) is 10.8. The number of allylic oxidation sites excluding steroid dienone is 1. The molecule has 4 nitrogen and oxygen atoms in total. The first-order valence-electron chi connectivity index (χ1n) is 6.01. The third-order valence-corrected chi connectivity index (χ3v) is 2.90. The molecule has 2 rings (SSSR count). The molecule has 0 spiro atoms. The summed E-state index contributed by atoms with van der Waals surface area (Å²) in [4.78, 5) is 12.0. The molecule has 0 fully saturated rings. The van der Waals surface area contributed by atoms with Gasteiger partial charge < -0.3 is 15.3 Å². The highest BCUT2D eigenvalue weighted by molar-refractivity contribution is 6.07.